The number of hydrogen-bond donors (Lipinski definition) is 0. The van der Waals surface area contributed by atoms with Crippen molar-refractivity contribution in [1.29, 1.82) is 0 Å². The molecule has 0 spiro atoms. The summed E-state index contributed by atoms with van der Waals surface area (Å²) >= 11 is 1.65. The number of carbonyl (C=O) groups excluding carboxylic acids is 1. The lowest BCUT2D eigenvalue weighted by atomic mass is 10.1. The standard InChI is InChI=1S/C21H20N2O2S/c1-16-8-5-11-20(17(16)2)26-15-7-13-23-19-10-4-3-9-18(19)22(21(23)25)12-6-14-24/h3-12,14-15H,13H2,1-2H3/b12-6+,15-7+. The van der Waals surface area contributed by atoms with Crippen molar-refractivity contribution in [3.8, 4) is 0 Å². The molecular formula is C21H20N2O2S. The van der Waals surface area contributed by atoms with Gasteiger partial charge in [-0.1, -0.05) is 42.1 Å². The summed E-state index contributed by atoms with van der Waals surface area (Å²) < 4.78 is 3.19. The lowest BCUT2D eigenvalue weighted by Crippen LogP contribution is -2.21. The average Bonchev–Trinajstić information content (AvgIpc) is 2.91. The first-order valence-electron chi connectivity index (χ1n) is 8.33. The van der Waals surface area contributed by atoms with Gasteiger partial charge in [-0.3, -0.25) is 13.9 Å². The predicted molar refractivity (Wildman–Crippen MR) is 109 cm³/mol. The van der Waals surface area contributed by atoms with Crippen LogP contribution in [0.25, 0.3) is 17.2 Å². The van der Waals surface area contributed by atoms with Gasteiger partial charge in [0.25, 0.3) is 0 Å². The largest absolute Gasteiger partial charge is 0.333 e. The van der Waals surface area contributed by atoms with Crippen LogP contribution in [-0.4, -0.2) is 15.4 Å². The Morgan fingerprint density at radius 3 is 2.58 bits per heavy atom. The molecule has 0 N–H and O–H groups in total. The van der Waals surface area contributed by atoms with E-state index in [4.69, 9.17) is 0 Å². The van der Waals surface area contributed by atoms with E-state index in [1.54, 1.807) is 16.3 Å². The van der Waals surface area contributed by atoms with Gasteiger partial charge in [-0.05, 0) is 54.7 Å². The minimum absolute atomic E-state index is 0.161. The van der Waals surface area contributed by atoms with Crippen molar-refractivity contribution in [3.05, 3.63) is 81.6 Å². The molecule has 0 saturated carbocycles. The molecule has 0 radical (unpaired) electrons. The van der Waals surface area contributed by atoms with Crippen molar-refractivity contribution in [1.82, 2.24) is 9.13 Å². The molecule has 0 aliphatic heterocycles. The van der Waals surface area contributed by atoms with E-state index in [0.29, 0.717) is 12.8 Å². The molecule has 132 valence electrons. The number of benzene rings is 2. The Kier molecular flexibility index (Phi) is 5.58. The van der Waals surface area contributed by atoms with Gasteiger partial charge < -0.3 is 0 Å². The van der Waals surface area contributed by atoms with E-state index in [1.165, 1.54) is 32.9 Å². The number of para-hydroxylation sites is 2. The highest BCUT2D eigenvalue weighted by molar-refractivity contribution is 8.02. The molecule has 2 aromatic carbocycles. The lowest BCUT2D eigenvalue weighted by Gasteiger charge is -2.05. The third-order valence-electron chi connectivity index (χ3n) is 4.32. The lowest BCUT2D eigenvalue weighted by molar-refractivity contribution is -0.104. The predicted octanol–water partition coefficient (Wildman–Crippen LogP) is 4.40. The zero-order chi connectivity index (χ0) is 18.5. The number of nitrogens with zero attached hydrogens (tertiary/aromatic N) is 2. The van der Waals surface area contributed by atoms with Crippen molar-refractivity contribution < 1.29 is 4.79 Å². The van der Waals surface area contributed by atoms with Crippen LogP contribution in [-0.2, 0) is 11.3 Å². The minimum atomic E-state index is -0.161. The Bertz CT molecular complexity index is 1060. The quantitative estimate of drug-likeness (QED) is 0.370. The number of aryl methyl sites for hydroxylation is 1. The Morgan fingerprint density at radius 1 is 1.04 bits per heavy atom. The Labute approximate surface area is 156 Å². The monoisotopic (exact) mass is 364 g/mol. The molecule has 1 heterocycles. The molecule has 0 atom stereocenters. The molecule has 0 aliphatic carbocycles. The van der Waals surface area contributed by atoms with E-state index >= 15 is 0 Å². The Balaban J connectivity index is 1.86. The molecule has 0 amide bonds. The molecule has 0 unspecified atom stereocenters. The highest BCUT2D eigenvalue weighted by Gasteiger charge is 2.09. The molecule has 0 saturated heterocycles. The molecule has 4 nitrogen and oxygen atoms in total. The van der Waals surface area contributed by atoms with E-state index in [0.717, 1.165) is 11.0 Å². The first-order chi connectivity index (χ1) is 12.6. The van der Waals surface area contributed by atoms with Crippen LogP contribution in [0, 0.1) is 13.8 Å². The van der Waals surface area contributed by atoms with Gasteiger partial charge in [0.1, 0.15) is 6.29 Å². The second-order valence-corrected chi connectivity index (χ2v) is 6.86. The summed E-state index contributed by atoms with van der Waals surface area (Å²) in [5, 5.41) is 2.02. The molecule has 1 aromatic heterocycles. The fourth-order valence-corrected chi connectivity index (χ4v) is 3.62. The maximum atomic E-state index is 12.7. The zero-order valence-corrected chi connectivity index (χ0v) is 15.6. The summed E-state index contributed by atoms with van der Waals surface area (Å²) in [7, 11) is 0. The van der Waals surface area contributed by atoms with Gasteiger partial charge in [0.2, 0.25) is 0 Å². The van der Waals surface area contributed by atoms with E-state index < -0.39 is 0 Å². The summed E-state index contributed by atoms with van der Waals surface area (Å²) in [4.78, 5) is 24.5. The molecule has 3 aromatic rings. The normalized spacial score (nSPS) is 11.8. The number of aromatic nitrogens is 2. The van der Waals surface area contributed by atoms with Crippen molar-refractivity contribution in [2.75, 3.05) is 0 Å². The van der Waals surface area contributed by atoms with Crippen molar-refractivity contribution >= 4 is 35.3 Å². The summed E-state index contributed by atoms with van der Waals surface area (Å²) in [6.07, 6.45) is 5.47. The third kappa shape index (κ3) is 3.58. The smallest absolute Gasteiger partial charge is 0.299 e. The summed E-state index contributed by atoms with van der Waals surface area (Å²) in [6, 6.07) is 13.8. The maximum absolute atomic E-state index is 12.7. The number of allylic oxidation sites excluding steroid dienone is 2. The van der Waals surface area contributed by atoms with Crippen molar-refractivity contribution in [3.63, 3.8) is 0 Å². The molecule has 0 aliphatic rings. The Hall–Kier alpha value is -2.79. The molecule has 0 bridgehead atoms. The summed E-state index contributed by atoms with van der Waals surface area (Å²) in [6.45, 7) is 4.69. The van der Waals surface area contributed by atoms with Crippen LogP contribution in [0.1, 0.15) is 11.1 Å². The average molecular weight is 364 g/mol. The van der Waals surface area contributed by atoms with Crippen LogP contribution in [0.2, 0.25) is 0 Å². The van der Waals surface area contributed by atoms with Gasteiger partial charge in [-0.25, -0.2) is 4.79 Å². The third-order valence-corrected chi connectivity index (χ3v) is 5.34. The van der Waals surface area contributed by atoms with E-state index in [2.05, 4.69) is 32.0 Å². The van der Waals surface area contributed by atoms with Gasteiger partial charge >= 0.3 is 5.69 Å². The zero-order valence-electron chi connectivity index (χ0n) is 14.8. The number of imidazole rings is 1. The molecule has 0 fully saturated rings. The second-order valence-electron chi connectivity index (χ2n) is 5.92. The first kappa shape index (κ1) is 18.0. The topological polar surface area (TPSA) is 44.0 Å². The van der Waals surface area contributed by atoms with Gasteiger partial charge in [0.05, 0.1) is 11.0 Å². The highest BCUT2D eigenvalue weighted by atomic mass is 32.2. The van der Waals surface area contributed by atoms with Crippen LogP contribution < -0.4 is 5.69 Å². The van der Waals surface area contributed by atoms with Gasteiger partial charge in [-0.2, -0.15) is 0 Å². The number of thioether (sulfide) groups is 1. The Morgan fingerprint density at radius 2 is 1.81 bits per heavy atom. The summed E-state index contributed by atoms with van der Waals surface area (Å²) in [5.74, 6) is 0. The van der Waals surface area contributed by atoms with Crippen LogP contribution in [0.3, 0.4) is 0 Å². The fourth-order valence-electron chi connectivity index (χ4n) is 2.80. The molecule has 26 heavy (non-hydrogen) atoms. The second kappa shape index (κ2) is 8.06. The first-order valence-corrected chi connectivity index (χ1v) is 9.21. The number of aldehydes is 1. The maximum Gasteiger partial charge on any atom is 0.333 e. The number of carbonyl (C=O) groups is 1. The van der Waals surface area contributed by atoms with E-state index in [-0.39, 0.29) is 5.69 Å². The van der Waals surface area contributed by atoms with Crippen LogP contribution >= 0.6 is 11.8 Å². The van der Waals surface area contributed by atoms with Crippen LogP contribution in [0.4, 0.5) is 0 Å². The molecule has 5 heteroatoms. The van der Waals surface area contributed by atoms with Crippen LogP contribution in [0.5, 0.6) is 0 Å². The number of rotatable bonds is 6. The molecular weight excluding hydrogens is 344 g/mol. The highest BCUT2D eigenvalue weighted by Crippen LogP contribution is 2.25. The number of fused-ring (bicyclic) bond motifs is 1. The van der Waals surface area contributed by atoms with Gasteiger partial charge in [0, 0.05) is 17.6 Å². The van der Waals surface area contributed by atoms with Crippen LogP contribution in [0.15, 0.2) is 69.7 Å². The van der Waals surface area contributed by atoms with Gasteiger partial charge in [-0.15, -0.1) is 0 Å². The SMILES string of the molecule is Cc1cccc(S/C=C/Cn2c(=O)n(/C=C/C=O)c3ccccc32)c1C. The minimum Gasteiger partial charge on any atom is -0.299 e. The van der Waals surface area contributed by atoms with Crippen molar-refractivity contribution in [2.45, 2.75) is 25.3 Å². The van der Waals surface area contributed by atoms with Crippen molar-refractivity contribution in [2.24, 2.45) is 0 Å². The van der Waals surface area contributed by atoms with E-state index in [1.807, 2.05) is 35.7 Å². The van der Waals surface area contributed by atoms with E-state index in [9.17, 15) is 9.59 Å². The number of hydrogen-bond acceptors (Lipinski definition) is 3. The fraction of sp³-hybridized carbons (Fsp3) is 0.143. The summed E-state index contributed by atoms with van der Waals surface area (Å²) in [5.41, 5.74) is 4.01. The molecule has 3 rings (SSSR count). The van der Waals surface area contributed by atoms with Gasteiger partial charge in [0.15, 0.2) is 0 Å².